The first-order valence-corrected chi connectivity index (χ1v) is 8.54. The van der Waals surface area contributed by atoms with E-state index in [-0.39, 0.29) is 5.91 Å². The molecule has 1 aromatic heterocycles. The van der Waals surface area contributed by atoms with Crippen LogP contribution in [-0.4, -0.2) is 28.2 Å². The molecule has 0 radical (unpaired) electrons. The quantitative estimate of drug-likeness (QED) is 0.697. The minimum absolute atomic E-state index is 0.199. The number of carbonyl (C=O) groups excluding carboxylic acids is 2. The Kier molecular flexibility index (Phi) is 5.84. The molecule has 2 aromatic carbocycles. The van der Waals surface area contributed by atoms with Crippen LogP contribution < -0.4 is 10.6 Å². The van der Waals surface area contributed by atoms with Crippen molar-refractivity contribution in [1.29, 1.82) is 0 Å². The molecule has 0 fully saturated rings. The molecule has 138 valence electrons. The van der Waals surface area contributed by atoms with Gasteiger partial charge in [0.15, 0.2) is 0 Å². The van der Waals surface area contributed by atoms with Crippen molar-refractivity contribution < 1.29 is 14.3 Å². The summed E-state index contributed by atoms with van der Waals surface area (Å²) in [5.74, 6) is -0.199. The van der Waals surface area contributed by atoms with Gasteiger partial charge in [-0.2, -0.15) is 0 Å². The van der Waals surface area contributed by atoms with Gasteiger partial charge in [0.25, 0.3) is 5.91 Å². The Bertz CT molecular complexity index is 888. The maximum absolute atomic E-state index is 12.4. The highest BCUT2D eigenvalue weighted by Crippen LogP contribution is 2.15. The zero-order valence-corrected chi connectivity index (χ0v) is 14.9. The standard InChI is InChI=1S/C20H20N4O3/c1-2-27-20(26)23-18-9-7-17(8-10-18)22-19(25)16-5-3-15(4-6-16)13-24-12-11-21-14-24/h3-12,14H,2,13H2,1H3,(H,22,25)(H,23,26). The van der Waals surface area contributed by atoms with Gasteiger partial charge in [-0.05, 0) is 48.9 Å². The molecule has 3 rings (SSSR count). The first-order chi connectivity index (χ1) is 13.1. The van der Waals surface area contributed by atoms with Crippen LogP contribution in [0, 0.1) is 0 Å². The van der Waals surface area contributed by atoms with Crippen LogP contribution >= 0.6 is 0 Å². The molecule has 3 aromatic rings. The van der Waals surface area contributed by atoms with Crippen LogP contribution in [0.25, 0.3) is 0 Å². The van der Waals surface area contributed by atoms with E-state index in [0.717, 1.165) is 5.56 Å². The highest BCUT2D eigenvalue weighted by atomic mass is 16.5. The van der Waals surface area contributed by atoms with Gasteiger partial charge in [-0.3, -0.25) is 10.1 Å². The molecule has 0 unspecified atom stereocenters. The molecule has 0 aliphatic rings. The molecule has 2 N–H and O–H groups in total. The minimum Gasteiger partial charge on any atom is -0.450 e. The van der Waals surface area contributed by atoms with Crippen molar-refractivity contribution >= 4 is 23.4 Å². The lowest BCUT2D eigenvalue weighted by Crippen LogP contribution is -2.14. The fourth-order valence-corrected chi connectivity index (χ4v) is 2.48. The first kappa shape index (κ1) is 18.2. The normalized spacial score (nSPS) is 10.3. The zero-order chi connectivity index (χ0) is 19.1. The molecule has 0 saturated carbocycles. The molecule has 27 heavy (non-hydrogen) atoms. The number of carbonyl (C=O) groups is 2. The number of hydrogen-bond acceptors (Lipinski definition) is 4. The van der Waals surface area contributed by atoms with Gasteiger partial charge in [0.2, 0.25) is 0 Å². The number of nitrogens with one attached hydrogen (secondary N) is 2. The van der Waals surface area contributed by atoms with E-state index in [1.165, 1.54) is 0 Å². The van der Waals surface area contributed by atoms with Gasteiger partial charge < -0.3 is 14.6 Å². The predicted octanol–water partition coefficient (Wildman–Crippen LogP) is 3.75. The lowest BCUT2D eigenvalue weighted by Gasteiger charge is -2.09. The second-order valence-electron chi connectivity index (χ2n) is 5.81. The van der Waals surface area contributed by atoms with Gasteiger partial charge in [0.1, 0.15) is 0 Å². The number of hydrogen-bond donors (Lipinski definition) is 2. The molecule has 0 saturated heterocycles. The fraction of sp³-hybridized carbons (Fsp3) is 0.150. The third kappa shape index (κ3) is 5.18. The average Bonchev–Trinajstić information content (AvgIpc) is 3.17. The fourth-order valence-electron chi connectivity index (χ4n) is 2.48. The molecule has 0 spiro atoms. The lowest BCUT2D eigenvalue weighted by molar-refractivity contribution is 0.102. The van der Waals surface area contributed by atoms with Crippen molar-refractivity contribution in [1.82, 2.24) is 9.55 Å². The number of imidazole rings is 1. The second-order valence-corrected chi connectivity index (χ2v) is 5.81. The Morgan fingerprint density at radius 1 is 1.00 bits per heavy atom. The summed E-state index contributed by atoms with van der Waals surface area (Å²) in [6.07, 6.45) is 4.86. The van der Waals surface area contributed by atoms with Gasteiger partial charge in [-0.15, -0.1) is 0 Å². The van der Waals surface area contributed by atoms with Crippen molar-refractivity contribution in [3.05, 3.63) is 78.4 Å². The minimum atomic E-state index is -0.509. The topological polar surface area (TPSA) is 85.3 Å². The number of rotatable bonds is 6. The Morgan fingerprint density at radius 3 is 2.26 bits per heavy atom. The molecular formula is C20H20N4O3. The van der Waals surface area contributed by atoms with E-state index in [1.807, 2.05) is 22.9 Å². The second kappa shape index (κ2) is 8.66. The number of benzene rings is 2. The van der Waals surface area contributed by atoms with Gasteiger partial charge in [0, 0.05) is 35.9 Å². The van der Waals surface area contributed by atoms with Crippen LogP contribution in [0.5, 0.6) is 0 Å². The summed E-state index contributed by atoms with van der Waals surface area (Å²) >= 11 is 0. The zero-order valence-electron chi connectivity index (χ0n) is 14.9. The molecule has 0 bridgehead atoms. The van der Waals surface area contributed by atoms with E-state index in [0.29, 0.717) is 30.1 Å². The molecule has 7 nitrogen and oxygen atoms in total. The molecule has 1 heterocycles. The van der Waals surface area contributed by atoms with Gasteiger partial charge >= 0.3 is 6.09 Å². The maximum atomic E-state index is 12.4. The summed E-state index contributed by atoms with van der Waals surface area (Å²) in [5.41, 5.74) is 2.88. The molecule has 0 atom stereocenters. The number of nitrogens with zero attached hydrogens (tertiary/aromatic N) is 2. The van der Waals surface area contributed by atoms with Crippen molar-refractivity contribution in [2.24, 2.45) is 0 Å². The lowest BCUT2D eigenvalue weighted by atomic mass is 10.1. The summed E-state index contributed by atoms with van der Waals surface area (Å²) in [7, 11) is 0. The number of amides is 2. The van der Waals surface area contributed by atoms with Crippen LogP contribution in [0.1, 0.15) is 22.8 Å². The molecule has 0 aliphatic carbocycles. The third-order valence-electron chi connectivity index (χ3n) is 3.81. The monoisotopic (exact) mass is 364 g/mol. The summed E-state index contributed by atoms with van der Waals surface area (Å²) < 4.78 is 6.78. The Balaban J connectivity index is 1.57. The van der Waals surface area contributed by atoms with Gasteiger partial charge in [-0.1, -0.05) is 12.1 Å². The van der Waals surface area contributed by atoms with E-state index in [9.17, 15) is 9.59 Å². The highest BCUT2D eigenvalue weighted by Gasteiger charge is 2.07. The average molecular weight is 364 g/mol. The highest BCUT2D eigenvalue weighted by molar-refractivity contribution is 6.04. The predicted molar refractivity (Wildman–Crippen MR) is 103 cm³/mol. The molecule has 0 aliphatic heterocycles. The first-order valence-electron chi connectivity index (χ1n) is 8.54. The summed E-state index contributed by atoms with van der Waals surface area (Å²) in [4.78, 5) is 27.8. The van der Waals surface area contributed by atoms with Gasteiger partial charge in [-0.25, -0.2) is 9.78 Å². The maximum Gasteiger partial charge on any atom is 0.411 e. The largest absolute Gasteiger partial charge is 0.450 e. The van der Waals surface area contributed by atoms with Crippen LogP contribution in [0.4, 0.5) is 16.2 Å². The summed E-state index contributed by atoms with van der Waals surface area (Å²) in [5, 5.41) is 5.43. The molecular weight excluding hydrogens is 344 g/mol. The van der Waals surface area contributed by atoms with E-state index >= 15 is 0 Å². The smallest absolute Gasteiger partial charge is 0.411 e. The number of anilines is 2. The Hall–Kier alpha value is -3.61. The van der Waals surface area contributed by atoms with Crippen LogP contribution in [0.3, 0.4) is 0 Å². The van der Waals surface area contributed by atoms with Crippen molar-refractivity contribution in [3.8, 4) is 0 Å². The van der Waals surface area contributed by atoms with E-state index in [1.54, 1.807) is 55.8 Å². The SMILES string of the molecule is CCOC(=O)Nc1ccc(NC(=O)c2ccc(Cn3ccnc3)cc2)cc1. The molecule has 2 amide bonds. The van der Waals surface area contributed by atoms with E-state index < -0.39 is 6.09 Å². The van der Waals surface area contributed by atoms with Crippen molar-refractivity contribution in [2.45, 2.75) is 13.5 Å². The van der Waals surface area contributed by atoms with Crippen LogP contribution in [-0.2, 0) is 11.3 Å². The number of aromatic nitrogens is 2. The van der Waals surface area contributed by atoms with E-state index in [2.05, 4.69) is 15.6 Å². The van der Waals surface area contributed by atoms with Crippen LogP contribution in [0.15, 0.2) is 67.3 Å². The van der Waals surface area contributed by atoms with Crippen molar-refractivity contribution in [3.63, 3.8) is 0 Å². The third-order valence-corrected chi connectivity index (χ3v) is 3.81. The molecule has 7 heteroatoms. The van der Waals surface area contributed by atoms with E-state index in [4.69, 9.17) is 4.74 Å². The van der Waals surface area contributed by atoms with Gasteiger partial charge in [0.05, 0.1) is 12.9 Å². The summed E-state index contributed by atoms with van der Waals surface area (Å²) in [6, 6.07) is 14.2. The Labute approximate surface area is 157 Å². The summed E-state index contributed by atoms with van der Waals surface area (Å²) in [6.45, 7) is 2.75. The Morgan fingerprint density at radius 2 is 1.67 bits per heavy atom. The number of ether oxygens (including phenoxy) is 1. The van der Waals surface area contributed by atoms with Crippen LogP contribution in [0.2, 0.25) is 0 Å². The van der Waals surface area contributed by atoms with Crippen molar-refractivity contribution in [2.75, 3.05) is 17.2 Å².